The first-order chi connectivity index (χ1) is 15.1. The van der Waals surface area contributed by atoms with E-state index in [9.17, 15) is 0 Å². The molecular formula is C22H24N6O3. The molecule has 9 nitrogen and oxygen atoms in total. The maximum Gasteiger partial charge on any atom is 0.219 e. The summed E-state index contributed by atoms with van der Waals surface area (Å²) in [6.07, 6.45) is 4.53. The van der Waals surface area contributed by atoms with Crippen molar-refractivity contribution in [1.82, 2.24) is 24.6 Å². The number of nitrogens with one attached hydrogen (secondary N) is 1. The van der Waals surface area contributed by atoms with Crippen LogP contribution in [0.1, 0.15) is 35.4 Å². The average molecular weight is 420 g/mol. The lowest BCUT2D eigenvalue weighted by Gasteiger charge is -2.11. The van der Waals surface area contributed by atoms with Crippen molar-refractivity contribution in [2.45, 2.75) is 32.7 Å². The lowest BCUT2D eigenvalue weighted by atomic mass is 10.2. The highest BCUT2D eigenvalue weighted by atomic mass is 16.5. The van der Waals surface area contributed by atoms with Gasteiger partial charge in [0, 0.05) is 36.6 Å². The van der Waals surface area contributed by atoms with Crippen molar-refractivity contribution in [2.75, 3.05) is 19.0 Å². The summed E-state index contributed by atoms with van der Waals surface area (Å²) >= 11 is 0. The van der Waals surface area contributed by atoms with Gasteiger partial charge in [-0.05, 0) is 25.5 Å². The Labute approximate surface area is 179 Å². The number of fused-ring (bicyclic) bond motifs is 1. The Morgan fingerprint density at radius 2 is 2.13 bits per heavy atom. The number of aryl methyl sites for hydroxylation is 2. The summed E-state index contributed by atoms with van der Waals surface area (Å²) in [7, 11) is 1.64. The molecule has 9 heteroatoms. The Bertz CT molecular complexity index is 1200. The van der Waals surface area contributed by atoms with Crippen LogP contribution in [0.2, 0.25) is 0 Å². The van der Waals surface area contributed by atoms with Crippen LogP contribution in [0.3, 0.4) is 0 Å². The van der Waals surface area contributed by atoms with Crippen LogP contribution in [0.25, 0.3) is 5.65 Å². The molecule has 2 atom stereocenters. The zero-order chi connectivity index (χ0) is 21.4. The van der Waals surface area contributed by atoms with E-state index >= 15 is 0 Å². The minimum Gasteiger partial charge on any atom is -0.495 e. The summed E-state index contributed by atoms with van der Waals surface area (Å²) in [5.74, 6) is 4.41. The summed E-state index contributed by atoms with van der Waals surface area (Å²) in [5, 5.41) is 7.70. The number of hydrogen-bond donors (Lipinski definition) is 1. The maximum absolute atomic E-state index is 6.04. The monoisotopic (exact) mass is 420 g/mol. The normalized spacial score (nSPS) is 17.6. The number of rotatable bonds is 8. The molecule has 1 saturated carbocycles. The van der Waals surface area contributed by atoms with Crippen LogP contribution in [0, 0.1) is 19.8 Å². The molecular weight excluding hydrogens is 396 g/mol. The predicted molar refractivity (Wildman–Crippen MR) is 113 cm³/mol. The van der Waals surface area contributed by atoms with E-state index < -0.39 is 0 Å². The van der Waals surface area contributed by atoms with Gasteiger partial charge in [0.2, 0.25) is 5.88 Å². The van der Waals surface area contributed by atoms with Gasteiger partial charge >= 0.3 is 0 Å². The molecule has 0 bridgehead atoms. The van der Waals surface area contributed by atoms with Crippen LogP contribution in [0.4, 0.5) is 5.82 Å². The second-order valence-corrected chi connectivity index (χ2v) is 7.71. The third-order valence-electron chi connectivity index (χ3n) is 5.51. The third-order valence-corrected chi connectivity index (χ3v) is 5.51. The molecule has 0 saturated heterocycles. The number of ether oxygens (including phenoxy) is 2. The van der Waals surface area contributed by atoms with Gasteiger partial charge in [-0.15, -0.1) is 0 Å². The quantitative estimate of drug-likeness (QED) is 0.462. The third kappa shape index (κ3) is 4.03. The van der Waals surface area contributed by atoms with Crippen LogP contribution < -0.4 is 14.8 Å². The molecule has 0 spiro atoms. The lowest BCUT2D eigenvalue weighted by molar-refractivity contribution is 0.286. The summed E-state index contributed by atoms with van der Waals surface area (Å²) in [4.78, 5) is 13.4. The molecule has 1 N–H and O–H groups in total. The predicted octanol–water partition coefficient (Wildman–Crippen LogP) is 3.53. The van der Waals surface area contributed by atoms with Gasteiger partial charge in [0.1, 0.15) is 17.3 Å². The highest BCUT2D eigenvalue weighted by Gasteiger charge is 2.40. The molecule has 4 aromatic heterocycles. The standard InChI is InChI=1S/C22H24N6O3/c1-13-19(31-14(2)26-13)11-24-21-9-22(27-20-6-7-25-28(20)21)30-12-15-8-17(15)18-5-4-16(29-3)10-23-18/h4-7,9-10,15,17,24H,8,11-12H2,1-3H3/t15-,17+/m1/s1. The van der Waals surface area contributed by atoms with Crippen LogP contribution in [0.5, 0.6) is 11.6 Å². The SMILES string of the molecule is COc1ccc([C@H]2C[C@@H]2COc2cc(NCc3oc(C)nc3C)n3nccc3n2)nc1. The molecule has 0 aliphatic heterocycles. The first-order valence-corrected chi connectivity index (χ1v) is 10.2. The molecule has 1 fully saturated rings. The molecule has 1 aliphatic carbocycles. The summed E-state index contributed by atoms with van der Waals surface area (Å²) < 4.78 is 18.6. The molecule has 4 heterocycles. The first-order valence-electron chi connectivity index (χ1n) is 10.2. The smallest absolute Gasteiger partial charge is 0.219 e. The van der Waals surface area contributed by atoms with E-state index in [4.69, 9.17) is 13.9 Å². The maximum atomic E-state index is 6.04. The van der Waals surface area contributed by atoms with Crippen molar-refractivity contribution in [1.29, 1.82) is 0 Å². The number of methoxy groups -OCH3 is 1. The molecule has 5 rings (SSSR count). The van der Waals surface area contributed by atoms with Gasteiger partial charge in [0.05, 0.1) is 38.3 Å². The number of oxazole rings is 1. The number of hydrogen-bond acceptors (Lipinski definition) is 8. The summed E-state index contributed by atoms with van der Waals surface area (Å²) in [5.41, 5.74) is 2.67. The van der Waals surface area contributed by atoms with Gasteiger partial charge < -0.3 is 19.2 Å². The summed E-state index contributed by atoms with van der Waals surface area (Å²) in [6, 6.07) is 7.68. The second kappa shape index (κ2) is 7.90. The molecule has 31 heavy (non-hydrogen) atoms. The van der Waals surface area contributed by atoms with E-state index in [0.717, 1.165) is 40.8 Å². The molecule has 0 radical (unpaired) electrons. The van der Waals surface area contributed by atoms with Crippen molar-refractivity contribution < 1.29 is 13.9 Å². The Balaban J connectivity index is 1.25. The Morgan fingerprint density at radius 3 is 2.87 bits per heavy atom. The van der Waals surface area contributed by atoms with Crippen LogP contribution in [-0.2, 0) is 6.54 Å². The Morgan fingerprint density at radius 1 is 1.23 bits per heavy atom. The van der Waals surface area contributed by atoms with Gasteiger partial charge in [0.15, 0.2) is 11.5 Å². The van der Waals surface area contributed by atoms with Crippen LogP contribution in [-0.4, -0.2) is 38.3 Å². The van der Waals surface area contributed by atoms with Crippen molar-refractivity contribution in [3.8, 4) is 11.6 Å². The number of aromatic nitrogens is 5. The van der Waals surface area contributed by atoms with Crippen LogP contribution >= 0.6 is 0 Å². The molecule has 4 aromatic rings. The zero-order valence-corrected chi connectivity index (χ0v) is 17.7. The second-order valence-electron chi connectivity index (χ2n) is 7.71. The lowest BCUT2D eigenvalue weighted by Crippen LogP contribution is -2.09. The van der Waals surface area contributed by atoms with E-state index in [1.54, 1.807) is 24.0 Å². The molecule has 1 aliphatic rings. The fourth-order valence-corrected chi connectivity index (χ4v) is 3.72. The van der Waals surface area contributed by atoms with Crippen molar-refractivity contribution in [3.63, 3.8) is 0 Å². The van der Waals surface area contributed by atoms with Gasteiger partial charge in [-0.1, -0.05) is 0 Å². The van der Waals surface area contributed by atoms with Gasteiger partial charge in [0.25, 0.3) is 0 Å². The topological polar surface area (TPSA) is 99.6 Å². The minimum absolute atomic E-state index is 0.417. The van der Waals surface area contributed by atoms with Gasteiger partial charge in [-0.2, -0.15) is 14.6 Å². The molecule has 160 valence electrons. The number of anilines is 1. The van der Waals surface area contributed by atoms with Crippen LogP contribution in [0.15, 0.2) is 41.1 Å². The van der Waals surface area contributed by atoms with Crippen molar-refractivity contribution >= 4 is 11.5 Å². The average Bonchev–Trinajstić information content (AvgIpc) is 3.26. The Kier molecular flexibility index (Phi) is 4.93. The van der Waals surface area contributed by atoms with E-state index in [-0.39, 0.29) is 0 Å². The minimum atomic E-state index is 0.417. The zero-order valence-electron chi connectivity index (χ0n) is 17.7. The number of nitrogens with zero attached hydrogens (tertiary/aromatic N) is 5. The molecule has 0 unspecified atom stereocenters. The van der Waals surface area contributed by atoms with Crippen molar-refractivity contribution in [2.24, 2.45) is 5.92 Å². The van der Waals surface area contributed by atoms with E-state index in [1.165, 1.54) is 0 Å². The largest absolute Gasteiger partial charge is 0.495 e. The van der Waals surface area contributed by atoms with E-state index in [0.29, 0.717) is 36.8 Å². The fourth-order valence-electron chi connectivity index (χ4n) is 3.72. The molecule has 0 amide bonds. The fraction of sp³-hybridized carbons (Fsp3) is 0.364. The highest BCUT2D eigenvalue weighted by Crippen LogP contribution is 2.46. The van der Waals surface area contributed by atoms with E-state index in [2.05, 4.69) is 25.4 Å². The number of pyridine rings is 1. The molecule has 0 aromatic carbocycles. The first kappa shape index (κ1) is 19.3. The summed E-state index contributed by atoms with van der Waals surface area (Å²) in [6.45, 7) is 4.86. The van der Waals surface area contributed by atoms with Gasteiger partial charge in [-0.25, -0.2) is 4.98 Å². The Hall–Kier alpha value is -3.62. The highest BCUT2D eigenvalue weighted by molar-refractivity contribution is 5.51. The van der Waals surface area contributed by atoms with E-state index in [1.807, 2.05) is 38.1 Å². The van der Waals surface area contributed by atoms with Crippen molar-refractivity contribution in [3.05, 3.63) is 59.7 Å². The van der Waals surface area contributed by atoms with Gasteiger partial charge in [-0.3, -0.25) is 4.98 Å².